The van der Waals surface area contributed by atoms with Crippen LogP contribution in [-0.2, 0) is 0 Å². The standard InChI is InChI=1S/C18H15NO2S2/c1-19(13-5-3-7-15(21)11-13)18(22)17-9-8-16(23-17)12-4-2-6-14(20)10-12/h2-11,20-21H,1H3. The number of hydrogen-bond acceptors (Lipinski definition) is 4. The first-order valence-corrected chi connectivity index (χ1v) is 8.23. The molecule has 0 spiro atoms. The first-order chi connectivity index (χ1) is 11.0. The van der Waals surface area contributed by atoms with Crippen molar-refractivity contribution in [2.45, 2.75) is 0 Å². The minimum Gasteiger partial charge on any atom is -0.508 e. The third kappa shape index (κ3) is 3.36. The van der Waals surface area contributed by atoms with Gasteiger partial charge in [0.25, 0.3) is 0 Å². The zero-order valence-corrected chi connectivity index (χ0v) is 14.1. The van der Waals surface area contributed by atoms with E-state index in [2.05, 4.69) is 0 Å². The lowest BCUT2D eigenvalue weighted by atomic mass is 10.2. The van der Waals surface area contributed by atoms with Crippen molar-refractivity contribution in [3.05, 3.63) is 65.5 Å². The molecule has 0 fully saturated rings. The molecule has 0 atom stereocenters. The summed E-state index contributed by atoms with van der Waals surface area (Å²) >= 11 is 7.14. The van der Waals surface area contributed by atoms with E-state index in [0.717, 1.165) is 21.0 Å². The fourth-order valence-electron chi connectivity index (χ4n) is 2.25. The molecule has 23 heavy (non-hydrogen) atoms. The van der Waals surface area contributed by atoms with Gasteiger partial charge in [-0.25, -0.2) is 0 Å². The maximum Gasteiger partial charge on any atom is 0.123 e. The van der Waals surface area contributed by atoms with Gasteiger partial charge in [-0.15, -0.1) is 11.3 Å². The Morgan fingerprint density at radius 2 is 1.65 bits per heavy atom. The highest BCUT2D eigenvalue weighted by molar-refractivity contribution is 7.81. The van der Waals surface area contributed by atoms with Crippen molar-refractivity contribution in [3.8, 4) is 21.9 Å². The summed E-state index contributed by atoms with van der Waals surface area (Å²) in [6.07, 6.45) is 0. The lowest BCUT2D eigenvalue weighted by Gasteiger charge is -2.19. The monoisotopic (exact) mass is 341 g/mol. The fourth-order valence-corrected chi connectivity index (χ4v) is 3.53. The minimum atomic E-state index is 0.212. The van der Waals surface area contributed by atoms with Crippen LogP contribution < -0.4 is 4.90 Å². The van der Waals surface area contributed by atoms with Crippen LogP contribution in [0.2, 0.25) is 0 Å². The maximum atomic E-state index is 9.60. The number of nitrogens with zero attached hydrogens (tertiary/aromatic N) is 1. The first-order valence-electron chi connectivity index (χ1n) is 7.01. The van der Waals surface area contributed by atoms with Gasteiger partial charge in [-0.3, -0.25) is 0 Å². The molecule has 5 heteroatoms. The molecule has 0 unspecified atom stereocenters. The van der Waals surface area contributed by atoms with Gasteiger partial charge < -0.3 is 15.1 Å². The molecule has 0 aliphatic heterocycles. The SMILES string of the molecule is CN(C(=S)c1ccc(-c2cccc(O)c2)s1)c1cccc(O)c1. The van der Waals surface area contributed by atoms with Gasteiger partial charge in [0.05, 0.1) is 4.88 Å². The van der Waals surface area contributed by atoms with E-state index in [0.29, 0.717) is 4.99 Å². The maximum absolute atomic E-state index is 9.60. The molecule has 2 aromatic carbocycles. The second-order valence-corrected chi connectivity index (χ2v) is 6.57. The van der Waals surface area contributed by atoms with Gasteiger partial charge in [0.1, 0.15) is 16.5 Å². The molecule has 1 aromatic heterocycles. The molecule has 0 saturated carbocycles. The van der Waals surface area contributed by atoms with E-state index in [4.69, 9.17) is 12.2 Å². The van der Waals surface area contributed by atoms with Gasteiger partial charge in [-0.2, -0.15) is 0 Å². The number of phenolic OH excluding ortho intramolecular Hbond substituents is 2. The Labute approximate surface area is 144 Å². The molecule has 0 radical (unpaired) electrons. The molecule has 0 aliphatic rings. The van der Waals surface area contributed by atoms with E-state index < -0.39 is 0 Å². The molecular formula is C18H15NO2S2. The topological polar surface area (TPSA) is 43.7 Å². The Morgan fingerprint density at radius 1 is 0.957 bits per heavy atom. The molecule has 3 nitrogen and oxygen atoms in total. The van der Waals surface area contributed by atoms with E-state index in [-0.39, 0.29) is 11.5 Å². The number of aromatic hydroxyl groups is 2. The largest absolute Gasteiger partial charge is 0.508 e. The van der Waals surface area contributed by atoms with Crippen molar-refractivity contribution >= 4 is 34.2 Å². The van der Waals surface area contributed by atoms with Gasteiger partial charge in [0.2, 0.25) is 0 Å². The van der Waals surface area contributed by atoms with Crippen LogP contribution in [-0.4, -0.2) is 22.2 Å². The van der Waals surface area contributed by atoms with Crippen molar-refractivity contribution in [1.82, 2.24) is 0 Å². The smallest absolute Gasteiger partial charge is 0.123 e. The van der Waals surface area contributed by atoms with E-state index in [1.807, 2.05) is 42.3 Å². The Hall–Kier alpha value is -2.37. The van der Waals surface area contributed by atoms with Crippen LogP contribution in [0.25, 0.3) is 10.4 Å². The lowest BCUT2D eigenvalue weighted by Crippen LogP contribution is -2.24. The summed E-state index contributed by atoms with van der Waals surface area (Å²) in [7, 11) is 1.88. The van der Waals surface area contributed by atoms with Crippen molar-refractivity contribution < 1.29 is 10.2 Å². The van der Waals surface area contributed by atoms with E-state index in [1.165, 1.54) is 0 Å². The van der Waals surface area contributed by atoms with E-state index in [9.17, 15) is 10.2 Å². The van der Waals surface area contributed by atoms with Crippen LogP contribution in [0.1, 0.15) is 4.88 Å². The Bertz CT molecular complexity index is 857. The quantitative estimate of drug-likeness (QED) is 0.681. The summed E-state index contributed by atoms with van der Waals surface area (Å²) in [6, 6.07) is 18.1. The number of benzene rings is 2. The number of thiophene rings is 1. The Kier molecular flexibility index (Phi) is 4.32. The Balaban J connectivity index is 1.86. The molecule has 3 aromatic rings. The third-order valence-electron chi connectivity index (χ3n) is 3.47. The predicted molar refractivity (Wildman–Crippen MR) is 99.6 cm³/mol. The van der Waals surface area contributed by atoms with Crippen LogP contribution >= 0.6 is 23.6 Å². The molecule has 0 amide bonds. The third-order valence-corrected chi connectivity index (χ3v) is 5.23. The Morgan fingerprint density at radius 3 is 2.35 bits per heavy atom. The minimum absolute atomic E-state index is 0.212. The van der Waals surface area contributed by atoms with Crippen molar-refractivity contribution in [2.24, 2.45) is 0 Å². The molecule has 116 valence electrons. The molecule has 0 saturated heterocycles. The molecule has 3 rings (SSSR count). The summed E-state index contributed by atoms with van der Waals surface area (Å²) in [4.78, 5) is 4.56. The molecule has 0 aliphatic carbocycles. The number of hydrogen-bond donors (Lipinski definition) is 2. The van der Waals surface area contributed by atoms with Gasteiger partial charge in [0.15, 0.2) is 0 Å². The summed E-state index contributed by atoms with van der Waals surface area (Å²) in [5, 5.41) is 19.2. The summed E-state index contributed by atoms with van der Waals surface area (Å²) < 4.78 is 0. The second kappa shape index (κ2) is 6.40. The summed E-state index contributed by atoms with van der Waals surface area (Å²) in [5.74, 6) is 0.459. The normalized spacial score (nSPS) is 10.5. The molecule has 0 bridgehead atoms. The van der Waals surface area contributed by atoms with Gasteiger partial charge >= 0.3 is 0 Å². The molecule has 2 N–H and O–H groups in total. The van der Waals surface area contributed by atoms with Crippen LogP contribution in [0, 0.1) is 0 Å². The fraction of sp³-hybridized carbons (Fsp3) is 0.0556. The lowest BCUT2D eigenvalue weighted by molar-refractivity contribution is 0.475. The zero-order chi connectivity index (χ0) is 16.4. The highest BCUT2D eigenvalue weighted by Gasteiger charge is 2.13. The molecular weight excluding hydrogens is 326 g/mol. The van der Waals surface area contributed by atoms with E-state index in [1.54, 1.807) is 41.7 Å². The number of thiocarbonyl (C=S) groups is 1. The number of phenols is 2. The van der Waals surface area contributed by atoms with Crippen LogP contribution in [0.3, 0.4) is 0 Å². The number of rotatable bonds is 3. The van der Waals surface area contributed by atoms with Gasteiger partial charge in [0, 0.05) is 23.7 Å². The average molecular weight is 341 g/mol. The predicted octanol–water partition coefficient (Wildman–Crippen LogP) is 4.64. The second-order valence-electron chi connectivity index (χ2n) is 5.10. The summed E-state index contributed by atoms with van der Waals surface area (Å²) in [6.45, 7) is 0. The van der Waals surface area contributed by atoms with Crippen LogP contribution in [0.4, 0.5) is 5.69 Å². The van der Waals surface area contributed by atoms with Crippen LogP contribution in [0.5, 0.6) is 11.5 Å². The summed E-state index contributed by atoms with van der Waals surface area (Å²) in [5.41, 5.74) is 1.80. The molecule has 1 heterocycles. The van der Waals surface area contributed by atoms with Crippen molar-refractivity contribution in [3.63, 3.8) is 0 Å². The highest BCUT2D eigenvalue weighted by atomic mass is 32.1. The number of anilines is 1. The van der Waals surface area contributed by atoms with Crippen LogP contribution in [0.15, 0.2) is 60.7 Å². The first kappa shape index (κ1) is 15.5. The zero-order valence-electron chi connectivity index (χ0n) is 12.4. The van der Waals surface area contributed by atoms with E-state index >= 15 is 0 Å². The average Bonchev–Trinajstić information content (AvgIpc) is 3.03. The van der Waals surface area contributed by atoms with Gasteiger partial charge in [-0.1, -0.05) is 30.4 Å². The highest BCUT2D eigenvalue weighted by Crippen LogP contribution is 2.31. The van der Waals surface area contributed by atoms with Crippen molar-refractivity contribution in [1.29, 1.82) is 0 Å². The van der Waals surface area contributed by atoms with Crippen molar-refractivity contribution in [2.75, 3.05) is 11.9 Å². The van der Waals surface area contributed by atoms with Gasteiger partial charge in [-0.05, 0) is 42.0 Å².